The van der Waals surface area contributed by atoms with Crippen LogP contribution in [0.25, 0.3) is 0 Å². The third-order valence-corrected chi connectivity index (χ3v) is 5.00. The molecule has 2 heterocycles. The smallest absolute Gasteiger partial charge is 0.208 e. The van der Waals surface area contributed by atoms with Crippen LogP contribution in [0.4, 0.5) is 0 Å². The molecule has 0 spiro atoms. The molecule has 0 bridgehead atoms. The van der Waals surface area contributed by atoms with Crippen LogP contribution in [-0.4, -0.2) is 42.0 Å². The monoisotopic (exact) mass is 477 g/mol. The van der Waals surface area contributed by atoms with Crippen molar-refractivity contribution in [2.24, 2.45) is 16.6 Å². The molecular formula is C19H36IN5O. The normalized spacial score (nSPS) is 16.5. The van der Waals surface area contributed by atoms with Crippen molar-refractivity contribution in [3.8, 4) is 0 Å². The van der Waals surface area contributed by atoms with Crippen molar-refractivity contribution >= 4 is 29.9 Å². The third-order valence-electron chi connectivity index (χ3n) is 5.00. The molecule has 0 radical (unpaired) electrons. The van der Waals surface area contributed by atoms with Gasteiger partial charge >= 0.3 is 0 Å². The van der Waals surface area contributed by atoms with Crippen LogP contribution in [0.1, 0.15) is 62.8 Å². The van der Waals surface area contributed by atoms with E-state index in [1.54, 1.807) is 0 Å². The van der Waals surface area contributed by atoms with Crippen molar-refractivity contribution in [1.82, 2.24) is 15.2 Å². The van der Waals surface area contributed by atoms with Crippen molar-refractivity contribution in [2.75, 3.05) is 26.2 Å². The van der Waals surface area contributed by atoms with Crippen LogP contribution in [0, 0.1) is 19.8 Å². The first-order chi connectivity index (χ1) is 12.1. The average Bonchev–Trinajstić information content (AvgIpc) is 2.91. The predicted octanol–water partition coefficient (Wildman–Crippen LogP) is 3.61. The Hall–Kier alpha value is -0.830. The number of oxazole rings is 1. The van der Waals surface area contributed by atoms with E-state index < -0.39 is 0 Å². The fourth-order valence-electron chi connectivity index (χ4n) is 3.18. The lowest BCUT2D eigenvalue weighted by atomic mass is 9.97. The van der Waals surface area contributed by atoms with Gasteiger partial charge in [-0.1, -0.05) is 26.2 Å². The lowest BCUT2D eigenvalue weighted by Crippen LogP contribution is -2.36. The number of aliphatic imine (C=N–C) groups is 1. The molecule has 1 aromatic rings. The maximum absolute atomic E-state index is 5.96. The summed E-state index contributed by atoms with van der Waals surface area (Å²) in [6, 6.07) is 0. The van der Waals surface area contributed by atoms with Gasteiger partial charge < -0.3 is 15.5 Å². The topological polar surface area (TPSA) is 79.7 Å². The lowest BCUT2D eigenvalue weighted by Gasteiger charge is -2.30. The molecule has 1 saturated heterocycles. The summed E-state index contributed by atoms with van der Waals surface area (Å²) in [6.45, 7) is 10.9. The molecule has 6 nitrogen and oxygen atoms in total. The van der Waals surface area contributed by atoms with Crippen LogP contribution in [-0.2, 0) is 6.54 Å². The number of unbranched alkanes of at least 4 members (excludes halogenated alkanes) is 3. The summed E-state index contributed by atoms with van der Waals surface area (Å²) in [5.74, 6) is 2.99. The van der Waals surface area contributed by atoms with Gasteiger partial charge in [0.1, 0.15) is 5.76 Å². The number of guanidine groups is 1. The quantitative estimate of drug-likeness (QED) is 0.246. The Kier molecular flexibility index (Phi) is 11.2. The summed E-state index contributed by atoms with van der Waals surface area (Å²) in [7, 11) is 0. The number of nitrogens with zero attached hydrogens (tertiary/aromatic N) is 3. The van der Waals surface area contributed by atoms with Gasteiger partial charge in [0.15, 0.2) is 5.96 Å². The second-order valence-corrected chi connectivity index (χ2v) is 7.18. The number of halogens is 1. The largest absolute Gasteiger partial charge is 0.444 e. The van der Waals surface area contributed by atoms with Crippen LogP contribution in [0.3, 0.4) is 0 Å². The molecule has 0 aromatic carbocycles. The number of hydrogen-bond acceptors (Lipinski definition) is 4. The van der Waals surface area contributed by atoms with Crippen LogP contribution >= 0.6 is 24.0 Å². The average molecular weight is 477 g/mol. The zero-order valence-electron chi connectivity index (χ0n) is 16.6. The van der Waals surface area contributed by atoms with Crippen molar-refractivity contribution < 1.29 is 4.42 Å². The number of nitrogens with two attached hydrogens (primary N) is 1. The van der Waals surface area contributed by atoms with Crippen molar-refractivity contribution in [3.63, 3.8) is 0 Å². The van der Waals surface area contributed by atoms with E-state index in [1.807, 2.05) is 13.8 Å². The predicted molar refractivity (Wildman–Crippen MR) is 118 cm³/mol. The van der Waals surface area contributed by atoms with Crippen LogP contribution < -0.4 is 11.1 Å². The molecule has 2 rings (SSSR count). The summed E-state index contributed by atoms with van der Waals surface area (Å²) >= 11 is 0. The molecule has 0 amide bonds. The Morgan fingerprint density at radius 2 is 2.00 bits per heavy atom. The van der Waals surface area contributed by atoms with Gasteiger partial charge in [0.05, 0.1) is 12.2 Å². The molecule has 1 fully saturated rings. The number of piperidine rings is 1. The maximum atomic E-state index is 5.96. The molecule has 7 heteroatoms. The van der Waals surface area contributed by atoms with Crippen molar-refractivity contribution in [2.45, 2.75) is 65.8 Å². The summed E-state index contributed by atoms with van der Waals surface area (Å²) < 4.78 is 5.69. The second kappa shape index (κ2) is 12.5. The minimum atomic E-state index is 0. The van der Waals surface area contributed by atoms with Crippen LogP contribution in [0.5, 0.6) is 0 Å². The highest BCUT2D eigenvalue weighted by Crippen LogP contribution is 2.20. The summed E-state index contributed by atoms with van der Waals surface area (Å²) in [6.07, 6.45) is 7.31. The van der Waals surface area contributed by atoms with Crippen LogP contribution in [0.15, 0.2) is 9.41 Å². The molecule has 0 atom stereocenters. The highest BCUT2D eigenvalue weighted by molar-refractivity contribution is 14.0. The third kappa shape index (κ3) is 8.24. The Balaban J connectivity index is 0.00000338. The van der Waals surface area contributed by atoms with Crippen molar-refractivity contribution in [3.05, 3.63) is 17.3 Å². The van der Waals surface area contributed by atoms with Gasteiger partial charge in [-0.25, -0.2) is 4.98 Å². The molecule has 3 N–H and O–H groups in total. The molecule has 1 aromatic heterocycles. The van der Waals surface area contributed by atoms with E-state index in [9.17, 15) is 0 Å². The number of likely N-dealkylation sites (tertiary alicyclic amines) is 1. The second-order valence-electron chi connectivity index (χ2n) is 7.18. The molecular weight excluding hydrogens is 441 g/mol. The zero-order chi connectivity index (χ0) is 18.1. The first kappa shape index (κ1) is 23.2. The number of hydrogen-bond donors (Lipinski definition) is 2. The van der Waals surface area contributed by atoms with Crippen molar-refractivity contribution in [1.29, 1.82) is 0 Å². The number of rotatable bonds is 9. The molecule has 0 unspecified atom stereocenters. The fourth-order valence-corrected chi connectivity index (χ4v) is 3.18. The number of aromatic nitrogens is 1. The number of aryl methyl sites for hydroxylation is 2. The SMILES string of the molecule is CCCCCCNC(N)=NCC1CCN(Cc2nc(C)c(C)o2)CC1.I. The molecule has 1 aliphatic heterocycles. The minimum Gasteiger partial charge on any atom is -0.444 e. The van der Waals surface area contributed by atoms with E-state index in [-0.39, 0.29) is 24.0 Å². The molecule has 1 aliphatic rings. The standard InChI is InChI=1S/C19H35N5O.HI/c1-4-5-6-7-10-21-19(20)22-13-17-8-11-24(12-9-17)14-18-23-15(2)16(3)25-18;/h17H,4-14H2,1-3H3,(H3,20,21,22);1H. The Morgan fingerprint density at radius 1 is 1.27 bits per heavy atom. The van der Waals surface area contributed by atoms with Gasteiger partial charge in [-0.05, 0) is 52.1 Å². The van der Waals surface area contributed by atoms with E-state index in [4.69, 9.17) is 10.2 Å². The minimum absolute atomic E-state index is 0. The van der Waals surface area contributed by atoms with Gasteiger partial charge in [-0.2, -0.15) is 0 Å². The van der Waals surface area contributed by atoms with E-state index in [0.717, 1.165) is 62.9 Å². The van der Waals surface area contributed by atoms with Gasteiger partial charge in [0.2, 0.25) is 5.89 Å². The molecule has 150 valence electrons. The maximum Gasteiger partial charge on any atom is 0.208 e. The Bertz CT molecular complexity index is 519. The zero-order valence-corrected chi connectivity index (χ0v) is 18.9. The first-order valence-corrected chi connectivity index (χ1v) is 9.77. The molecule has 0 saturated carbocycles. The Labute approximate surface area is 175 Å². The van der Waals surface area contributed by atoms with E-state index in [2.05, 4.69) is 27.1 Å². The summed E-state index contributed by atoms with van der Waals surface area (Å²) in [4.78, 5) is 11.4. The lowest BCUT2D eigenvalue weighted by molar-refractivity contribution is 0.166. The van der Waals surface area contributed by atoms with E-state index >= 15 is 0 Å². The number of nitrogens with one attached hydrogen (secondary N) is 1. The van der Waals surface area contributed by atoms with E-state index in [0.29, 0.717) is 11.9 Å². The highest BCUT2D eigenvalue weighted by atomic mass is 127. The molecule has 0 aliphatic carbocycles. The Morgan fingerprint density at radius 3 is 2.62 bits per heavy atom. The van der Waals surface area contributed by atoms with Gasteiger partial charge in [-0.3, -0.25) is 9.89 Å². The fraction of sp³-hybridized carbons (Fsp3) is 0.789. The highest BCUT2D eigenvalue weighted by Gasteiger charge is 2.20. The van der Waals surface area contributed by atoms with Crippen LogP contribution in [0.2, 0.25) is 0 Å². The van der Waals surface area contributed by atoms with Gasteiger partial charge in [0, 0.05) is 13.1 Å². The summed E-state index contributed by atoms with van der Waals surface area (Å²) in [5.41, 5.74) is 6.96. The van der Waals surface area contributed by atoms with Gasteiger partial charge in [-0.15, -0.1) is 24.0 Å². The summed E-state index contributed by atoms with van der Waals surface area (Å²) in [5, 5.41) is 3.23. The van der Waals surface area contributed by atoms with Gasteiger partial charge in [0.25, 0.3) is 0 Å². The molecule has 26 heavy (non-hydrogen) atoms. The van der Waals surface area contributed by atoms with E-state index in [1.165, 1.54) is 25.7 Å². The first-order valence-electron chi connectivity index (χ1n) is 9.77.